The van der Waals surface area contributed by atoms with E-state index >= 15 is 0 Å². The summed E-state index contributed by atoms with van der Waals surface area (Å²) in [5.41, 5.74) is 0. The van der Waals surface area contributed by atoms with Gasteiger partial charge in [0.05, 0.1) is 6.42 Å². The summed E-state index contributed by atoms with van der Waals surface area (Å²) < 4.78 is 2.13. The minimum Gasteiger partial charge on any atom is -0.303 e. The number of hydrogen-bond donors (Lipinski definition) is 0. The number of aldehydes is 1. The van der Waals surface area contributed by atoms with Crippen molar-refractivity contribution in [3.05, 3.63) is 30.6 Å². The summed E-state index contributed by atoms with van der Waals surface area (Å²) in [7, 11) is 0. The Morgan fingerprint density at radius 1 is 1.29 bits per heavy atom. The van der Waals surface area contributed by atoms with E-state index in [4.69, 9.17) is 0 Å². The Balaban J connectivity index is 2.62. The molecule has 2 nitrogen and oxygen atoms in total. The van der Waals surface area contributed by atoms with E-state index in [1.807, 2.05) is 30.6 Å². The lowest BCUT2D eigenvalue weighted by Gasteiger charge is -2.08. The molecule has 1 aromatic heterocycles. The van der Waals surface area contributed by atoms with E-state index in [9.17, 15) is 4.79 Å². The average Bonchev–Trinajstić information content (AvgIpc) is 2.25. The monoisotopic (exact) mass is 192 g/mol. The summed E-state index contributed by atoms with van der Waals surface area (Å²) >= 11 is 0. The van der Waals surface area contributed by atoms with Crippen molar-refractivity contribution in [3.8, 4) is 0 Å². The van der Waals surface area contributed by atoms with Crippen LogP contribution in [0.4, 0.5) is 0 Å². The van der Waals surface area contributed by atoms with E-state index in [1.54, 1.807) is 0 Å². The van der Waals surface area contributed by atoms with Crippen LogP contribution < -0.4 is 4.57 Å². The van der Waals surface area contributed by atoms with Gasteiger partial charge in [0, 0.05) is 18.6 Å². The van der Waals surface area contributed by atoms with Gasteiger partial charge in [0.15, 0.2) is 18.4 Å². The van der Waals surface area contributed by atoms with Gasteiger partial charge in [-0.25, -0.2) is 4.57 Å². The lowest BCUT2D eigenvalue weighted by Crippen LogP contribution is -2.38. The predicted octanol–water partition coefficient (Wildman–Crippen LogP) is 2.29. The summed E-state index contributed by atoms with van der Waals surface area (Å²) in [6.45, 7) is 2.17. The summed E-state index contributed by atoms with van der Waals surface area (Å²) in [4.78, 5) is 10.5. The van der Waals surface area contributed by atoms with Crippen molar-refractivity contribution in [2.45, 2.75) is 38.6 Å². The molecule has 0 N–H and O–H groups in total. The largest absolute Gasteiger partial charge is 0.303 e. The van der Waals surface area contributed by atoms with Crippen LogP contribution in [0, 0.1) is 0 Å². The second kappa shape index (κ2) is 6.30. The highest BCUT2D eigenvalue weighted by Crippen LogP contribution is 2.10. The van der Waals surface area contributed by atoms with E-state index in [2.05, 4.69) is 11.5 Å². The maximum atomic E-state index is 10.5. The second-order valence-electron chi connectivity index (χ2n) is 3.52. The first-order chi connectivity index (χ1) is 6.88. The molecule has 1 rings (SSSR count). The van der Waals surface area contributed by atoms with Gasteiger partial charge in [-0.2, -0.15) is 0 Å². The Labute approximate surface area is 85.6 Å². The van der Waals surface area contributed by atoms with Crippen LogP contribution in [-0.4, -0.2) is 6.29 Å². The van der Waals surface area contributed by atoms with Gasteiger partial charge in [-0.3, -0.25) is 0 Å². The van der Waals surface area contributed by atoms with Crippen LogP contribution in [0.2, 0.25) is 0 Å². The average molecular weight is 192 g/mol. The number of nitrogens with zero attached hydrogens (tertiary/aromatic N) is 1. The fourth-order valence-electron chi connectivity index (χ4n) is 1.59. The SMILES string of the molecule is CCCCC(CC=O)[n+]1ccccc1. The number of unbranched alkanes of at least 4 members (excludes halogenated alkanes) is 1. The third-order valence-electron chi connectivity index (χ3n) is 2.42. The van der Waals surface area contributed by atoms with Crippen molar-refractivity contribution in [1.29, 1.82) is 0 Å². The minimum absolute atomic E-state index is 0.341. The van der Waals surface area contributed by atoms with Gasteiger partial charge >= 0.3 is 0 Å². The summed E-state index contributed by atoms with van der Waals surface area (Å²) in [5, 5.41) is 0. The van der Waals surface area contributed by atoms with Gasteiger partial charge in [-0.05, 0) is 6.42 Å². The lowest BCUT2D eigenvalue weighted by molar-refractivity contribution is -0.722. The molecule has 0 aliphatic heterocycles. The number of rotatable bonds is 6. The molecule has 76 valence electrons. The van der Waals surface area contributed by atoms with Gasteiger partial charge in [-0.15, -0.1) is 0 Å². The molecule has 0 bridgehead atoms. The molecule has 1 unspecified atom stereocenters. The van der Waals surface area contributed by atoms with E-state index in [0.717, 1.165) is 12.7 Å². The Bertz CT molecular complexity index is 258. The van der Waals surface area contributed by atoms with Crippen molar-refractivity contribution in [2.24, 2.45) is 0 Å². The fraction of sp³-hybridized carbons (Fsp3) is 0.500. The predicted molar refractivity (Wildman–Crippen MR) is 55.9 cm³/mol. The molecule has 0 aliphatic carbocycles. The molecule has 0 amide bonds. The van der Waals surface area contributed by atoms with E-state index in [-0.39, 0.29) is 0 Å². The van der Waals surface area contributed by atoms with Crippen molar-refractivity contribution >= 4 is 6.29 Å². The van der Waals surface area contributed by atoms with Gasteiger partial charge in [0.1, 0.15) is 6.29 Å². The van der Waals surface area contributed by atoms with Crippen LogP contribution in [0.1, 0.15) is 38.6 Å². The molecule has 1 heterocycles. The Morgan fingerprint density at radius 2 is 2.00 bits per heavy atom. The molecular weight excluding hydrogens is 174 g/mol. The standard InChI is InChI=1S/C12H18NO/c1-2-3-7-12(8-11-14)13-9-5-4-6-10-13/h4-6,9-12H,2-3,7-8H2,1H3/q+1. The van der Waals surface area contributed by atoms with Gasteiger partial charge in [0.25, 0.3) is 0 Å². The fourth-order valence-corrected chi connectivity index (χ4v) is 1.59. The second-order valence-corrected chi connectivity index (χ2v) is 3.52. The summed E-state index contributed by atoms with van der Waals surface area (Å²) in [5.74, 6) is 0. The first-order valence-corrected chi connectivity index (χ1v) is 5.28. The molecule has 0 radical (unpaired) electrons. The van der Waals surface area contributed by atoms with Gasteiger partial charge in [-0.1, -0.05) is 19.4 Å². The quantitative estimate of drug-likeness (QED) is 0.500. The highest BCUT2D eigenvalue weighted by molar-refractivity contribution is 5.49. The zero-order valence-corrected chi connectivity index (χ0v) is 8.73. The number of pyridine rings is 1. The van der Waals surface area contributed by atoms with Crippen LogP contribution in [0.5, 0.6) is 0 Å². The molecule has 0 aliphatic rings. The molecule has 0 spiro atoms. The zero-order chi connectivity index (χ0) is 10.2. The highest BCUT2D eigenvalue weighted by atomic mass is 16.1. The van der Waals surface area contributed by atoms with Crippen LogP contribution in [0.3, 0.4) is 0 Å². The Kier molecular flexibility index (Phi) is 4.90. The maximum Gasteiger partial charge on any atom is 0.169 e. The molecule has 0 aromatic carbocycles. The molecular formula is C12H18NO+. The first-order valence-electron chi connectivity index (χ1n) is 5.28. The molecule has 1 aromatic rings. The van der Waals surface area contributed by atoms with Crippen molar-refractivity contribution < 1.29 is 9.36 Å². The first kappa shape index (κ1) is 10.9. The van der Waals surface area contributed by atoms with E-state index < -0.39 is 0 Å². The smallest absolute Gasteiger partial charge is 0.169 e. The van der Waals surface area contributed by atoms with Crippen molar-refractivity contribution in [1.82, 2.24) is 0 Å². The summed E-state index contributed by atoms with van der Waals surface area (Å²) in [6, 6.07) is 6.34. The zero-order valence-electron chi connectivity index (χ0n) is 8.73. The molecule has 1 atom stereocenters. The summed E-state index contributed by atoms with van der Waals surface area (Å²) in [6.07, 6.45) is 9.15. The van der Waals surface area contributed by atoms with E-state index in [0.29, 0.717) is 12.5 Å². The topological polar surface area (TPSA) is 20.9 Å². The highest BCUT2D eigenvalue weighted by Gasteiger charge is 2.15. The Morgan fingerprint density at radius 3 is 2.57 bits per heavy atom. The van der Waals surface area contributed by atoms with Crippen LogP contribution in [-0.2, 0) is 4.79 Å². The normalized spacial score (nSPS) is 12.4. The van der Waals surface area contributed by atoms with Crippen molar-refractivity contribution in [2.75, 3.05) is 0 Å². The van der Waals surface area contributed by atoms with Gasteiger partial charge < -0.3 is 4.79 Å². The molecule has 14 heavy (non-hydrogen) atoms. The lowest BCUT2D eigenvalue weighted by atomic mass is 10.1. The maximum absolute atomic E-state index is 10.5. The number of aromatic nitrogens is 1. The molecule has 2 heteroatoms. The van der Waals surface area contributed by atoms with Gasteiger partial charge in [0.2, 0.25) is 0 Å². The third kappa shape index (κ3) is 3.29. The molecule has 0 fully saturated rings. The van der Waals surface area contributed by atoms with Crippen molar-refractivity contribution in [3.63, 3.8) is 0 Å². The minimum atomic E-state index is 0.341. The molecule has 0 saturated carbocycles. The number of carbonyl (C=O) groups excluding carboxylic acids is 1. The number of hydrogen-bond acceptors (Lipinski definition) is 1. The Hall–Kier alpha value is -1.18. The van der Waals surface area contributed by atoms with Crippen LogP contribution in [0.15, 0.2) is 30.6 Å². The molecule has 0 saturated heterocycles. The van der Waals surface area contributed by atoms with E-state index in [1.165, 1.54) is 12.8 Å². The van der Waals surface area contributed by atoms with Crippen LogP contribution >= 0.6 is 0 Å². The van der Waals surface area contributed by atoms with Crippen LogP contribution in [0.25, 0.3) is 0 Å². The third-order valence-corrected chi connectivity index (χ3v) is 2.42. The number of carbonyl (C=O) groups is 1.